The highest BCUT2D eigenvalue weighted by atomic mass is 16.5. The second-order valence-electron chi connectivity index (χ2n) is 5.77. The first-order chi connectivity index (χ1) is 9.28. The molecule has 1 aromatic rings. The Morgan fingerprint density at radius 2 is 2.26 bits per heavy atom. The Bertz CT molecular complexity index is 381. The maximum atomic E-state index is 5.13. The average molecular weight is 262 g/mol. The van der Waals surface area contributed by atoms with Gasteiger partial charge in [-0.05, 0) is 37.3 Å². The summed E-state index contributed by atoms with van der Waals surface area (Å²) in [6.45, 7) is 4.31. The van der Waals surface area contributed by atoms with Gasteiger partial charge in [-0.15, -0.1) is 0 Å². The molecule has 1 aromatic heterocycles. The van der Waals surface area contributed by atoms with Crippen LogP contribution in [0, 0.1) is 11.8 Å². The predicted molar refractivity (Wildman–Crippen MR) is 78.2 cm³/mol. The summed E-state index contributed by atoms with van der Waals surface area (Å²) in [6.07, 6.45) is 6.98. The summed E-state index contributed by atoms with van der Waals surface area (Å²) in [5, 5.41) is 3.50. The molecule has 0 aromatic carbocycles. The fraction of sp³-hybridized carbons (Fsp3) is 0.688. The molecule has 106 valence electrons. The van der Waals surface area contributed by atoms with Gasteiger partial charge in [0.25, 0.3) is 0 Å². The first-order valence-electron chi connectivity index (χ1n) is 7.48. The van der Waals surface area contributed by atoms with Gasteiger partial charge in [-0.1, -0.05) is 32.3 Å². The van der Waals surface area contributed by atoms with E-state index in [-0.39, 0.29) is 0 Å². The van der Waals surface area contributed by atoms with Gasteiger partial charge in [-0.2, -0.15) is 0 Å². The average Bonchev–Trinajstić information content (AvgIpc) is 2.44. The van der Waals surface area contributed by atoms with E-state index in [4.69, 9.17) is 4.74 Å². The Morgan fingerprint density at radius 1 is 1.37 bits per heavy atom. The van der Waals surface area contributed by atoms with Gasteiger partial charge in [0.05, 0.1) is 12.8 Å². The van der Waals surface area contributed by atoms with E-state index in [2.05, 4.69) is 17.2 Å². The number of rotatable bonds is 6. The predicted octanol–water partition coefficient (Wildman–Crippen LogP) is 3.40. The van der Waals surface area contributed by atoms with Crippen LogP contribution in [0.2, 0.25) is 0 Å². The summed E-state index contributed by atoms with van der Waals surface area (Å²) < 4.78 is 5.13. The Kier molecular flexibility index (Phi) is 5.64. The molecular formula is C16H26N2O. The summed E-state index contributed by atoms with van der Waals surface area (Å²) in [6, 6.07) is 5.91. The number of ether oxygens (including phenoxy) is 1. The van der Waals surface area contributed by atoms with Gasteiger partial charge >= 0.3 is 0 Å². The lowest BCUT2D eigenvalue weighted by Gasteiger charge is -2.26. The molecule has 1 aliphatic rings. The standard InChI is InChI=1S/C16H26N2O/c1-13-5-3-6-14(11-13)9-10-17-12-15-7-4-8-16(18-15)19-2/h4,7-8,13-14,17H,3,5-6,9-12H2,1-2H3. The third-order valence-electron chi connectivity index (χ3n) is 4.07. The maximum absolute atomic E-state index is 5.13. The zero-order valence-electron chi connectivity index (χ0n) is 12.2. The van der Waals surface area contributed by atoms with Crippen molar-refractivity contribution in [3.8, 4) is 5.88 Å². The van der Waals surface area contributed by atoms with Crippen molar-refractivity contribution in [2.45, 2.75) is 45.6 Å². The first kappa shape index (κ1) is 14.3. The normalized spacial score (nSPS) is 23.3. The minimum atomic E-state index is 0.695. The van der Waals surface area contributed by atoms with Crippen molar-refractivity contribution < 1.29 is 4.74 Å². The molecule has 0 saturated heterocycles. The summed E-state index contributed by atoms with van der Waals surface area (Å²) >= 11 is 0. The van der Waals surface area contributed by atoms with Crippen LogP contribution >= 0.6 is 0 Å². The highest BCUT2D eigenvalue weighted by Gasteiger charge is 2.17. The quantitative estimate of drug-likeness (QED) is 0.798. The smallest absolute Gasteiger partial charge is 0.213 e. The van der Waals surface area contributed by atoms with Crippen molar-refractivity contribution >= 4 is 0 Å². The Morgan fingerprint density at radius 3 is 3.05 bits per heavy atom. The van der Waals surface area contributed by atoms with Gasteiger partial charge in [0, 0.05) is 12.6 Å². The maximum Gasteiger partial charge on any atom is 0.213 e. The van der Waals surface area contributed by atoms with Crippen molar-refractivity contribution in [1.82, 2.24) is 10.3 Å². The third kappa shape index (κ3) is 4.83. The summed E-state index contributed by atoms with van der Waals surface area (Å²) in [5.74, 6) is 2.55. The zero-order chi connectivity index (χ0) is 13.5. The SMILES string of the molecule is COc1cccc(CNCCC2CCCC(C)C2)n1. The zero-order valence-corrected chi connectivity index (χ0v) is 12.2. The summed E-state index contributed by atoms with van der Waals surface area (Å²) in [5.41, 5.74) is 1.05. The number of methoxy groups -OCH3 is 1. The molecule has 0 radical (unpaired) electrons. The highest BCUT2D eigenvalue weighted by Crippen LogP contribution is 2.30. The van der Waals surface area contributed by atoms with Crippen molar-refractivity contribution in [2.24, 2.45) is 11.8 Å². The molecule has 0 spiro atoms. The molecule has 1 fully saturated rings. The van der Waals surface area contributed by atoms with E-state index in [0.717, 1.165) is 30.6 Å². The van der Waals surface area contributed by atoms with Gasteiger partial charge < -0.3 is 10.1 Å². The molecule has 1 saturated carbocycles. The number of hydrogen-bond acceptors (Lipinski definition) is 3. The highest BCUT2D eigenvalue weighted by molar-refractivity contribution is 5.15. The lowest BCUT2D eigenvalue weighted by Crippen LogP contribution is -2.21. The molecular weight excluding hydrogens is 236 g/mol. The van der Waals surface area contributed by atoms with E-state index >= 15 is 0 Å². The van der Waals surface area contributed by atoms with Crippen LogP contribution in [0.3, 0.4) is 0 Å². The lowest BCUT2D eigenvalue weighted by atomic mass is 9.81. The topological polar surface area (TPSA) is 34.1 Å². The fourth-order valence-corrected chi connectivity index (χ4v) is 3.01. The number of pyridine rings is 1. The van der Waals surface area contributed by atoms with Crippen LogP contribution in [0.5, 0.6) is 5.88 Å². The molecule has 1 N–H and O–H groups in total. The number of nitrogens with zero attached hydrogens (tertiary/aromatic N) is 1. The van der Waals surface area contributed by atoms with Gasteiger partial charge in [0.1, 0.15) is 0 Å². The number of hydrogen-bond donors (Lipinski definition) is 1. The molecule has 0 aliphatic heterocycles. The Labute approximate surface area is 116 Å². The van der Waals surface area contributed by atoms with Gasteiger partial charge in [-0.3, -0.25) is 0 Å². The second-order valence-corrected chi connectivity index (χ2v) is 5.77. The van der Waals surface area contributed by atoms with Gasteiger partial charge in [0.2, 0.25) is 5.88 Å². The number of nitrogens with one attached hydrogen (secondary N) is 1. The molecule has 2 rings (SSSR count). The van der Waals surface area contributed by atoms with Crippen molar-refractivity contribution in [3.05, 3.63) is 23.9 Å². The summed E-state index contributed by atoms with van der Waals surface area (Å²) in [7, 11) is 1.66. The van der Waals surface area contributed by atoms with Crippen LogP contribution < -0.4 is 10.1 Å². The molecule has 3 heteroatoms. The van der Waals surface area contributed by atoms with Crippen LogP contribution in [-0.2, 0) is 6.54 Å². The monoisotopic (exact) mass is 262 g/mol. The molecule has 0 bridgehead atoms. The molecule has 0 amide bonds. The Balaban J connectivity index is 1.66. The van der Waals surface area contributed by atoms with E-state index in [1.807, 2.05) is 18.2 Å². The van der Waals surface area contributed by atoms with Crippen molar-refractivity contribution in [1.29, 1.82) is 0 Å². The molecule has 3 nitrogen and oxygen atoms in total. The largest absolute Gasteiger partial charge is 0.481 e. The Hall–Kier alpha value is -1.09. The molecule has 2 unspecified atom stereocenters. The molecule has 19 heavy (non-hydrogen) atoms. The minimum absolute atomic E-state index is 0.695. The fourth-order valence-electron chi connectivity index (χ4n) is 3.01. The lowest BCUT2D eigenvalue weighted by molar-refractivity contribution is 0.267. The van der Waals surface area contributed by atoms with Gasteiger partial charge in [0.15, 0.2) is 0 Å². The minimum Gasteiger partial charge on any atom is -0.481 e. The van der Waals surface area contributed by atoms with E-state index in [0.29, 0.717) is 5.88 Å². The van der Waals surface area contributed by atoms with Crippen LogP contribution in [-0.4, -0.2) is 18.6 Å². The summed E-state index contributed by atoms with van der Waals surface area (Å²) in [4.78, 5) is 4.40. The van der Waals surface area contributed by atoms with Crippen LogP contribution in [0.1, 0.15) is 44.7 Å². The van der Waals surface area contributed by atoms with Crippen molar-refractivity contribution in [2.75, 3.05) is 13.7 Å². The van der Waals surface area contributed by atoms with Crippen molar-refractivity contribution in [3.63, 3.8) is 0 Å². The first-order valence-corrected chi connectivity index (χ1v) is 7.48. The second kappa shape index (κ2) is 7.49. The molecule has 1 aliphatic carbocycles. The number of aromatic nitrogens is 1. The van der Waals surface area contributed by atoms with Gasteiger partial charge in [-0.25, -0.2) is 4.98 Å². The van der Waals surface area contributed by atoms with E-state index in [1.165, 1.54) is 32.1 Å². The van der Waals surface area contributed by atoms with Crippen LogP contribution in [0.4, 0.5) is 0 Å². The van der Waals surface area contributed by atoms with Crippen LogP contribution in [0.15, 0.2) is 18.2 Å². The van der Waals surface area contributed by atoms with E-state index in [9.17, 15) is 0 Å². The van der Waals surface area contributed by atoms with E-state index < -0.39 is 0 Å². The van der Waals surface area contributed by atoms with E-state index in [1.54, 1.807) is 7.11 Å². The van der Waals surface area contributed by atoms with Crippen LogP contribution in [0.25, 0.3) is 0 Å². The molecule has 2 atom stereocenters. The third-order valence-corrected chi connectivity index (χ3v) is 4.07. The molecule has 1 heterocycles.